The molecule has 3 heterocycles. The molecule has 0 atom stereocenters. The fraction of sp³-hybridized carbons (Fsp3) is 0.200. The zero-order chi connectivity index (χ0) is 24.5. The molecule has 0 bridgehead atoms. The Morgan fingerprint density at radius 1 is 1.11 bits per heavy atom. The van der Waals surface area contributed by atoms with Gasteiger partial charge in [-0.3, -0.25) is 10.1 Å². The zero-order valence-electron chi connectivity index (χ0n) is 19.4. The fourth-order valence-corrected chi connectivity index (χ4v) is 4.34. The molecule has 0 unspecified atom stereocenters. The number of nitrogens with zero attached hydrogens (tertiary/aromatic N) is 3. The molecule has 35 heavy (non-hydrogen) atoms. The summed E-state index contributed by atoms with van der Waals surface area (Å²) < 4.78 is 5.62. The second-order valence-electron chi connectivity index (χ2n) is 8.32. The molecule has 10 nitrogen and oxygen atoms in total. The molecule has 0 spiro atoms. The lowest BCUT2D eigenvalue weighted by molar-refractivity contribution is -0.385. The molecular formula is C25H25N7O3. The van der Waals surface area contributed by atoms with E-state index in [2.05, 4.69) is 25.3 Å². The summed E-state index contributed by atoms with van der Waals surface area (Å²) in [6.07, 6.45) is 2.75. The van der Waals surface area contributed by atoms with E-state index in [0.29, 0.717) is 25.1 Å². The van der Waals surface area contributed by atoms with Gasteiger partial charge in [-0.15, -0.1) is 0 Å². The van der Waals surface area contributed by atoms with Gasteiger partial charge in [0.15, 0.2) is 0 Å². The van der Waals surface area contributed by atoms with Crippen LogP contribution >= 0.6 is 0 Å². The number of aromatic nitrogens is 4. The summed E-state index contributed by atoms with van der Waals surface area (Å²) in [6, 6.07) is 13.5. The van der Waals surface area contributed by atoms with Crippen LogP contribution in [0.15, 0.2) is 48.7 Å². The van der Waals surface area contributed by atoms with Gasteiger partial charge in [-0.25, -0.2) is 4.98 Å². The van der Waals surface area contributed by atoms with Gasteiger partial charge in [-0.2, -0.15) is 4.98 Å². The molecule has 0 saturated heterocycles. The molecule has 178 valence electrons. The Balaban J connectivity index is 1.46. The van der Waals surface area contributed by atoms with E-state index in [4.69, 9.17) is 10.5 Å². The van der Waals surface area contributed by atoms with Gasteiger partial charge in [0.1, 0.15) is 11.4 Å². The second kappa shape index (κ2) is 8.98. The molecule has 0 aliphatic rings. The minimum atomic E-state index is -0.460. The molecule has 3 aromatic heterocycles. The molecule has 0 fully saturated rings. The number of aromatic amines is 2. The molecule has 5 aromatic rings. The monoisotopic (exact) mass is 471 g/mol. The topological polar surface area (TPSA) is 148 Å². The number of rotatable bonds is 8. The van der Waals surface area contributed by atoms with Gasteiger partial charge < -0.3 is 25.8 Å². The van der Waals surface area contributed by atoms with Crippen LogP contribution in [-0.4, -0.2) is 31.5 Å². The van der Waals surface area contributed by atoms with Gasteiger partial charge in [-0.1, -0.05) is 0 Å². The highest BCUT2D eigenvalue weighted by Crippen LogP contribution is 2.32. The van der Waals surface area contributed by atoms with Crippen LogP contribution in [0.3, 0.4) is 0 Å². The first-order chi connectivity index (χ1) is 16.9. The fourth-order valence-electron chi connectivity index (χ4n) is 4.34. The van der Waals surface area contributed by atoms with E-state index in [1.807, 2.05) is 62.5 Å². The number of nitrogens with one attached hydrogen (secondary N) is 3. The standard InChI is InChI=1S/C25H25N7O3/c1-3-35-18-6-9-21-19(12-18)15(13-27-21)4-7-22-23(32(33)34)24(31-25(26)30-22)29-17-5-8-20-16(11-17)10-14(2)28-20/h5-6,8-13,27-28H,3-4,7H2,1-2H3,(H3,26,29,30,31). The Morgan fingerprint density at radius 2 is 1.94 bits per heavy atom. The number of ether oxygens (including phenoxy) is 1. The lowest BCUT2D eigenvalue weighted by atomic mass is 10.1. The van der Waals surface area contributed by atoms with Crippen molar-refractivity contribution in [3.63, 3.8) is 0 Å². The van der Waals surface area contributed by atoms with Gasteiger partial charge >= 0.3 is 5.69 Å². The predicted octanol–water partition coefficient (Wildman–Crippen LogP) is 5.17. The van der Waals surface area contributed by atoms with E-state index < -0.39 is 4.92 Å². The first-order valence-electron chi connectivity index (χ1n) is 11.3. The molecule has 0 saturated carbocycles. The Kier molecular flexibility index (Phi) is 5.69. The molecule has 0 amide bonds. The first-order valence-corrected chi connectivity index (χ1v) is 11.3. The van der Waals surface area contributed by atoms with Gasteiger partial charge in [0, 0.05) is 45.8 Å². The number of nitrogens with two attached hydrogens (primary N) is 1. The maximum absolute atomic E-state index is 12.1. The highest BCUT2D eigenvalue weighted by molar-refractivity contribution is 5.86. The Labute approximate surface area is 200 Å². The maximum atomic E-state index is 12.1. The van der Waals surface area contributed by atoms with Crippen molar-refractivity contribution in [3.8, 4) is 5.75 Å². The Hall–Kier alpha value is -4.60. The molecule has 2 aromatic carbocycles. The number of H-pyrrole nitrogens is 2. The van der Waals surface area contributed by atoms with Crippen molar-refractivity contribution in [2.75, 3.05) is 17.7 Å². The van der Waals surface area contributed by atoms with Crippen molar-refractivity contribution < 1.29 is 9.66 Å². The van der Waals surface area contributed by atoms with Crippen molar-refractivity contribution >= 4 is 44.9 Å². The molecule has 10 heteroatoms. The normalized spacial score (nSPS) is 11.3. The summed E-state index contributed by atoms with van der Waals surface area (Å²) in [7, 11) is 0. The zero-order valence-corrected chi connectivity index (χ0v) is 19.4. The molecular weight excluding hydrogens is 446 g/mol. The lowest BCUT2D eigenvalue weighted by Crippen LogP contribution is -2.10. The first kappa shape index (κ1) is 22.2. The molecule has 0 aliphatic carbocycles. The van der Waals surface area contributed by atoms with Crippen LogP contribution in [0, 0.1) is 17.0 Å². The van der Waals surface area contributed by atoms with Crippen LogP contribution in [0.2, 0.25) is 0 Å². The number of nitrogen functional groups attached to an aromatic ring is 1. The number of nitro groups is 1. The van der Waals surface area contributed by atoms with E-state index in [1.54, 1.807) is 0 Å². The van der Waals surface area contributed by atoms with Crippen LogP contribution in [0.4, 0.5) is 23.1 Å². The van der Waals surface area contributed by atoms with E-state index in [0.717, 1.165) is 38.8 Å². The van der Waals surface area contributed by atoms with Crippen molar-refractivity contribution in [1.82, 2.24) is 19.9 Å². The number of hydrogen-bond donors (Lipinski definition) is 4. The van der Waals surface area contributed by atoms with Crippen molar-refractivity contribution in [1.29, 1.82) is 0 Å². The van der Waals surface area contributed by atoms with Gasteiger partial charge in [0.05, 0.1) is 11.5 Å². The van der Waals surface area contributed by atoms with Crippen molar-refractivity contribution in [2.45, 2.75) is 26.7 Å². The van der Waals surface area contributed by atoms with E-state index in [-0.39, 0.29) is 23.1 Å². The quantitative estimate of drug-likeness (QED) is 0.180. The van der Waals surface area contributed by atoms with Crippen LogP contribution < -0.4 is 15.8 Å². The molecule has 5 rings (SSSR count). The van der Waals surface area contributed by atoms with Gasteiger partial charge in [-0.05, 0) is 68.3 Å². The molecule has 0 radical (unpaired) electrons. The van der Waals surface area contributed by atoms with Gasteiger partial charge in [0.25, 0.3) is 0 Å². The number of fused-ring (bicyclic) bond motifs is 2. The largest absolute Gasteiger partial charge is 0.494 e. The smallest absolute Gasteiger partial charge is 0.333 e. The van der Waals surface area contributed by atoms with Gasteiger partial charge in [0.2, 0.25) is 11.8 Å². The summed E-state index contributed by atoms with van der Waals surface area (Å²) in [5, 5.41) is 17.1. The second-order valence-corrected chi connectivity index (χ2v) is 8.32. The Morgan fingerprint density at radius 3 is 2.74 bits per heavy atom. The minimum Gasteiger partial charge on any atom is -0.494 e. The summed E-state index contributed by atoms with van der Waals surface area (Å²) in [5.74, 6) is 0.824. The van der Waals surface area contributed by atoms with E-state index in [9.17, 15) is 10.1 Å². The molecule has 5 N–H and O–H groups in total. The third-order valence-corrected chi connectivity index (χ3v) is 5.86. The number of aryl methyl sites for hydroxylation is 3. The highest BCUT2D eigenvalue weighted by atomic mass is 16.6. The lowest BCUT2D eigenvalue weighted by Gasteiger charge is -2.10. The number of benzene rings is 2. The predicted molar refractivity (Wildman–Crippen MR) is 136 cm³/mol. The van der Waals surface area contributed by atoms with E-state index >= 15 is 0 Å². The van der Waals surface area contributed by atoms with Crippen LogP contribution in [0.1, 0.15) is 23.9 Å². The minimum absolute atomic E-state index is 0.0239. The summed E-state index contributed by atoms with van der Waals surface area (Å²) >= 11 is 0. The third-order valence-electron chi connectivity index (χ3n) is 5.86. The average Bonchev–Trinajstić information content (AvgIpc) is 3.39. The van der Waals surface area contributed by atoms with Crippen molar-refractivity contribution in [3.05, 3.63) is 75.7 Å². The Bertz CT molecular complexity index is 1550. The van der Waals surface area contributed by atoms with Crippen molar-refractivity contribution in [2.24, 2.45) is 0 Å². The summed E-state index contributed by atoms with van der Waals surface area (Å²) in [4.78, 5) is 26.5. The maximum Gasteiger partial charge on any atom is 0.333 e. The van der Waals surface area contributed by atoms with Crippen LogP contribution in [0.25, 0.3) is 21.8 Å². The molecule has 0 aliphatic heterocycles. The van der Waals surface area contributed by atoms with Crippen LogP contribution in [0.5, 0.6) is 5.75 Å². The SMILES string of the molecule is CCOc1ccc2[nH]cc(CCc3nc(N)nc(Nc4ccc5[nH]c(C)cc5c4)c3[N+](=O)[O-])c2c1. The van der Waals surface area contributed by atoms with E-state index in [1.165, 1.54) is 0 Å². The average molecular weight is 472 g/mol. The summed E-state index contributed by atoms with van der Waals surface area (Å²) in [5.41, 5.74) is 10.7. The number of hydrogen-bond acceptors (Lipinski definition) is 7. The highest BCUT2D eigenvalue weighted by Gasteiger charge is 2.25. The third kappa shape index (κ3) is 4.45. The summed E-state index contributed by atoms with van der Waals surface area (Å²) in [6.45, 7) is 4.48. The number of anilines is 3. The van der Waals surface area contributed by atoms with Crippen LogP contribution in [-0.2, 0) is 12.8 Å².